The Balaban J connectivity index is 2.55. The van der Waals surface area contributed by atoms with Gasteiger partial charge in [0.1, 0.15) is 5.76 Å². The predicted molar refractivity (Wildman–Crippen MR) is 65.0 cm³/mol. The zero-order valence-electron chi connectivity index (χ0n) is 9.09. The van der Waals surface area contributed by atoms with Gasteiger partial charge < -0.3 is 15.3 Å². The second-order valence-corrected chi connectivity index (χ2v) is 4.27. The quantitative estimate of drug-likeness (QED) is 0.866. The average Bonchev–Trinajstić information content (AvgIpc) is 2.64. The first-order valence-corrected chi connectivity index (χ1v) is 5.62. The number of hydrogen-bond acceptors (Lipinski definition) is 3. The highest BCUT2D eigenvalue weighted by molar-refractivity contribution is 6.35. The highest BCUT2D eigenvalue weighted by Crippen LogP contribution is 2.36. The molecule has 0 atom stereocenters. The van der Waals surface area contributed by atoms with Crippen LogP contribution in [0, 0.1) is 6.92 Å². The summed E-state index contributed by atoms with van der Waals surface area (Å²) in [6.07, 6.45) is 1.52. The number of rotatable bonds is 3. The summed E-state index contributed by atoms with van der Waals surface area (Å²) in [6, 6.07) is 3.61. The van der Waals surface area contributed by atoms with Gasteiger partial charge in [-0.3, -0.25) is 0 Å². The molecule has 2 aromatic rings. The van der Waals surface area contributed by atoms with E-state index in [1.54, 1.807) is 6.07 Å². The van der Waals surface area contributed by atoms with Crippen LogP contribution in [0.2, 0.25) is 5.02 Å². The van der Waals surface area contributed by atoms with Crippen molar-refractivity contribution in [3.8, 4) is 5.75 Å². The van der Waals surface area contributed by atoms with E-state index in [1.807, 2.05) is 13.0 Å². The molecule has 0 bridgehead atoms. The fourth-order valence-corrected chi connectivity index (χ4v) is 2.07. The Morgan fingerprint density at radius 3 is 2.88 bits per heavy atom. The molecule has 0 saturated carbocycles. The van der Waals surface area contributed by atoms with Crippen LogP contribution in [-0.2, 0) is 6.42 Å². The van der Waals surface area contributed by atoms with Crippen molar-refractivity contribution in [3.05, 3.63) is 28.5 Å². The normalized spacial score (nSPS) is 11.2. The van der Waals surface area contributed by atoms with Gasteiger partial charge in [-0.25, -0.2) is 0 Å². The Labute approximate surface area is 98.8 Å². The Hall–Kier alpha value is -1.19. The zero-order chi connectivity index (χ0) is 11.7. The second-order valence-electron chi connectivity index (χ2n) is 3.86. The van der Waals surface area contributed by atoms with Gasteiger partial charge in [0.15, 0.2) is 11.3 Å². The summed E-state index contributed by atoms with van der Waals surface area (Å²) in [4.78, 5) is 0. The minimum absolute atomic E-state index is 0.181. The van der Waals surface area contributed by atoms with Crippen LogP contribution in [0.3, 0.4) is 0 Å². The third-order valence-electron chi connectivity index (χ3n) is 2.58. The lowest BCUT2D eigenvalue weighted by Gasteiger charge is -2.05. The molecule has 0 aliphatic rings. The molecule has 3 N–H and O–H groups in total. The largest absolute Gasteiger partial charge is 0.504 e. The number of hydrogen-bond donors (Lipinski definition) is 2. The average molecular weight is 240 g/mol. The van der Waals surface area contributed by atoms with E-state index in [2.05, 4.69) is 0 Å². The molecule has 0 aliphatic carbocycles. The number of halogens is 1. The minimum atomic E-state index is 0.181. The Kier molecular flexibility index (Phi) is 3.08. The molecule has 0 amide bonds. The summed E-state index contributed by atoms with van der Waals surface area (Å²) >= 11 is 6.12. The monoisotopic (exact) mass is 239 g/mol. The van der Waals surface area contributed by atoms with Crippen molar-refractivity contribution in [2.45, 2.75) is 19.8 Å². The van der Waals surface area contributed by atoms with E-state index in [-0.39, 0.29) is 5.75 Å². The lowest BCUT2D eigenvalue weighted by atomic mass is 10.1. The summed E-state index contributed by atoms with van der Waals surface area (Å²) in [5, 5.41) is 11.4. The van der Waals surface area contributed by atoms with Gasteiger partial charge in [0, 0.05) is 5.39 Å². The molecular weight excluding hydrogens is 226 g/mol. The van der Waals surface area contributed by atoms with Crippen molar-refractivity contribution in [2.24, 2.45) is 5.73 Å². The smallest absolute Gasteiger partial charge is 0.177 e. The first-order valence-electron chi connectivity index (χ1n) is 5.24. The first-order chi connectivity index (χ1) is 7.63. The van der Waals surface area contributed by atoms with Gasteiger partial charge in [0.25, 0.3) is 0 Å². The van der Waals surface area contributed by atoms with Gasteiger partial charge >= 0.3 is 0 Å². The van der Waals surface area contributed by atoms with Crippen LogP contribution < -0.4 is 5.73 Å². The van der Waals surface area contributed by atoms with Gasteiger partial charge in [-0.15, -0.1) is 0 Å². The van der Waals surface area contributed by atoms with E-state index < -0.39 is 0 Å². The molecule has 0 aliphatic heterocycles. The molecule has 86 valence electrons. The fourth-order valence-electron chi connectivity index (χ4n) is 1.80. The van der Waals surface area contributed by atoms with E-state index >= 15 is 0 Å². The number of fused-ring (bicyclic) bond motifs is 1. The van der Waals surface area contributed by atoms with Crippen LogP contribution in [0.15, 0.2) is 16.5 Å². The van der Waals surface area contributed by atoms with Crippen LogP contribution in [0.5, 0.6) is 5.75 Å². The van der Waals surface area contributed by atoms with Gasteiger partial charge in [-0.2, -0.15) is 0 Å². The summed E-state index contributed by atoms with van der Waals surface area (Å²) in [5.41, 5.74) is 6.70. The molecule has 4 heteroatoms. The highest BCUT2D eigenvalue weighted by Gasteiger charge is 2.14. The number of furan rings is 1. The summed E-state index contributed by atoms with van der Waals surface area (Å²) in [5.74, 6) is 0.920. The molecule has 1 heterocycles. The van der Waals surface area contributed by atoms with Crippen LogP contribution in [0.4, 0.5) is 0 Å². The topological polar surface area (TPSA) is 59.4 Å². The third-order valence-corrected chi connectivity index (χ3v) is 2.90. The highest BCUT2D eigenvalue weighted by atomic mass is 35.5. The molecule has 1 aromatic carbocycles. The lowest BCUT2D eigenvalue weighted by Crippen LogP contribution is -2.00. The van der Waals surface area contributed by atoms with Crippen molar-refractivity contribution >= 4 is 22.6 Å². The third kappa shape index (κ3) is 1.88. The molecule has 0 spiro atoms. The molecule has 2 rings (SSSR count). The van der Waals surface area contributed by atoms with Gasteiger partial charge in [-0.05, 0) is 44.0 Å². The van der Waals surface area contributed by atoms with E-state index in [1.165, 1.54) is 0 Å². The fraction of sp³-hybridized carbons (Fsp3) is 0.333. The molecule has 16 heavy (non-hydrogen) atoms. The molecule has 0 radical (unpaired) electrons. The Bertz CT molecular complexity index is 519. The molecule has 1 aromatic heterocycles. The number of nitrogens with two attached hydrogens (primary N) is 1. The number of phenolic OH excluding ortho intramolecular Hbond substituents is 1. The summed E-state index contributed by atoms with van der Waals surface area (Å²) in [6.45, 7) is 2.42. The van der Waals surface area contributed by atoms with Crippen LogP contribution in [0.1, 0.15) is 17.7 Å². The maximum absolute atomic E-state index is 10.0. The lowest BCUT2D eigenvalue weighted by molar-refractivity contribution is 0.454. The number of aryl methyl sites for hydroxylation is 2. The Morgan fingerprint density at radius 1 is 1.44 bits per heavy atom. The van der Waals surface area contributed by atoms with Crippen molar-refractivity contribution < 1.29 is 9.52 Å². The van der Waals surface area contributed by atoms with E-state index in [0.717, 1.165) is 23.1 Å². The van der Waals surface area contributed by atoms with E-state index in [4.69, 9.17) is 21.8 Å². The number of benzene rings is 1. The first kappa shape index (κ1) is 11.3. The maximum atomic E-state index is 10.0. The number of aromatic hydroxyl groups is 1. The van der Waals surface area contributed by atoms with Gasteiger partial charge in [0.2, 0.25) is 0 Å². The summed E-state index contributed by atoms with van der Waals surface area (Å²) < 4.78 is 5.43. The van der Waals surface area contributed by atoms with Gasteiger partial charge in [0.05, 0.1) is 5.02 Å². The van der Waals surface area contributed by atoms with Crippen LogP contribution in [-0.4, -0.2) is 11.7 Å². The Morgan fingerprint density at radius 2 is 2.19 bits per heavy atom. The molecule has 0 unspecified atom stereocenters. The van der Waals surface area contributed by atoms with Crippen molar-refractivity contribution in [1.82, 2.24) is 0 Å². The SMILES string of the molecule is Cc1cc2c(Cl)cc(CCCN)c(O)c2o1. The van der Waals surface area contributed by atoms with Crippen LogP contribution in [0.25, 0.3) is 11.0 Å². The molecular formula is C12H14ClNO2. The van der Waals surface area contributed by atoms with E-state index in [0.29, 0.717) is 23.6 Å². The molecule has 3 nitrogen and oxygen atoms in total. The van der Waals surface area contributed by atoms with Gasteiger partial charge in [-0.1, -0.05) is 11.6 Å². The van der Waals surface area contributed by atoms with Crippen molar-refractivity contribution in [2.75, 3.05) is 6.54 Å². The van der Waals surface area contributed by atoms with Crippen molar-refractivity contribution in [1.29, 1.82) is 0 Å². The molecule has 0 saturated heterocycles. The molecule has 0 fully saturated rings. The maximum Gasteiger partial charge on any atom is 0.177 e. The minimum Gasteiger partial charge on any atom is -0.504 e. The van der Waals surface area contributed by atoms with Crippen LogP contribution >= 0.6 is 11.6 Å². The zero-order valence-corrected chi connectivity index (χ0v) is 9.84. The van der Waals surface area contributed by atoms with Crippen molar-refractivity contribution in [3.63, 3.8) is 0 Å². The number of phenols is 1. The predicted octanol–water partition coefficient (Wildman–Crippen LogP) is 2.99. The standard InChI is InChI=1S/C12H14ClNO2/c1-7-5-9-10(13)6-8(3-2-4-14)11(15)12(9)16-7/h5-6,15H,2-4,14H2,1H3. The second kappa shape index (κ2) is 4.36. The summed E-state index contributed by atoms with van der Waals surface area (Å²) in [7, 11) is 0. The van der Waals surface area contributed by atoms with E-state index in [9.17, 15) is 5.11 Å².